The Morgan fingerprint density at radius 2 is 2.33 bits per heavy atom. The number of rotatable bonds is 1. The highest BCUT2D eigenvalue weighted by molar-refractivity contribution is 9.15. The van der Waals surface area contributed by atoms with E-state index in [0.717, 1.165) is 15.8 Å². The van der Waals surface area contributed by atoms with Gasteiger partial charge in [0.05, 0.1) is 11.9 Å². The van der Waals surface area contributed by atoms with Crippen LogP contribution in [0.15, 0.2) is 37.2 Å². The third kappa shape index (κ3) is 1.06. The van der Waals surface area contributed by atoms with Crippen LogP contribution >= 0.6 is 15.9 Å². The summed E-state index contributed by atoms with van der Waals surface area (Å²) in [5.74, 6) is 0. The predicted octanol–water partition coefficient (Wildman–Crippen LogP) is 2.70. The number of nitrogens with zero attached hydrogens (tertiary/aromatic N) is 2. The summed E-state index contributed by atoms with van der Waals surface area (Å²) in [5.41, 5.74) is 1.93. The summed E-state index contributed by atoms with van der Waals surface area (Å²) in [5, 5.41) is 0. The molecule has 2 aromatic heterocycles. The maximum absolute atomic E-state index is 4.21. The Kier molecular flexibility index (Phi) is 1.73. The van der Waals surface area contributed by atoms with Crippen LogP contribution in [0.1, 0.15) is 5.69 Å². The van der Waals surface area contributed by atoms with Gasteiger partial charge in [0, 0.05) is 10.7 Å². The molecule has 0 saturated carbocycles. The summed E-state index contributed by atoms with van der Waals surface area (Å²) < 4.78 is 2.83. The van der Waals surface area contributed by atoms with E-state index >= 15 is 0 Å². The first-order valence-electron chi connectivity index (χ1n) is 3.56. The van der Waals surface area contributed by atoms with E-state index < -0.39 is 0 Å². The highest BCUT2D eigenvalue weighted by Crippen LogP contribution is 2.19. The van der Waals surface area contributed by atoms with Gasteiger partial charge >= 0.3 is 0 Å². The van der Waals surface area contributed by atoms with Crippen LogP contribution in [-0.2, 0) is 0 Å². The average Bonchev–Trinajstić information content (AvgIpc) is 2.47. The Morgan fingerprint density at radius 3 is 3.08 bits per heavy atom. The van der Waals surface area contributed by atoms with Gasteiger partial charge in [-0.25, -0.2) is 4.98 Å². The fourth-order valence-electron chi connectivity index (χ4n) is 1.13. The minimum absolute atomic E-state index is 0.848. The maximum atomic E-state index is 4.21. The lowest BCUT2D eigenvalue weighted by molar-refractivity contribution is 1.17. The largest absolute Gasteiger partial charge is 0.299 e. The lowest BCUT2D eigenvalue weighted by Gasteiger charge is -1.96. The Hall–Kier alpha value is -1.09. The second-order valence-electron chi connectivity index (χ2n) is 2.48. The first-order valence-corrected chi connectivity index (χ1v) is 4.35. The normalized spacial score (nSPS) is 10.4. The highest BCUT2D eigenvalue weighted by atomic mass is 79.9. The van der Waals surface area contributed by atoms with Gasteiger partial charge in [0.2, 0.25) is 0 Å². The molecule has 0 radical (unpaired) electrons. The molecule has 0 amide bonds. The molecule has 12 heavy (non-hydrogen) atoms. The molecule has 0 spiro atoms. The molecule has 0 aliphatic carbocycles. The Balaban J connectivity index is 2.79. The van der Waals surface area contributed by atoms with Gasteiger partial charge in [0.1, 0.15) is 5.65 Å². The number of hydrogen-bond acceptors (Lipinski definition) is 1. The molecule has 60 valence electrons. The van der Waals surface area contributed by atoms with Crippen LogP contribution < -0.4 is 0 Å². The quantitative estimate of drug-likeness (QED) is 0.726. The number of hydrogen-bond donors (Lipinski definition) is 0. The Bertz CT molecular complexity index is 431. The molecule has 2 nitrogen and oxygen atoms in total. The third-order valence-corrected chi connectivity index (χ3v) is 2.10. The van der Waals surface area contributed by atoms with Crippen molar-refractivity contribution in [2.24, 2.45) is 0 Å². The zero-order valence-electron chi connectivity index (χ0n) is 6.37. The van der Waals surface area contributed by atoms with E-state index in [-0.39, 0.29) is 0 Å². The van der Waals surface area contributed by atoms with E-state index in [4.69, 9.17) is 0 Å². The summed E-state index contributed by atoms with van der Waals surface area (Å²) in [6.07, 6.45) is 3.76. The van der Waals surface area contributed by atoms with Gasteiger partial charge in [0.25, 0.3) is 0 Å². The van der Waals surface area contributed by atoms with E-state index in [1.54, 1.807) is 6.20 Å². The first-order chi connectivity index (χ1) is 5.79. The van der Waals surface area contributed by atoms with Crippen molar-refractivity contribution in [1.29, 1.82) is 0 Å². The molecular weight excluding hydrogens is 216 g/mol. The number of fused-ring (bicyclic) bond motifs is 1. The molecule has 3 heteroatoms. The van der Waals surface area contributed by atoms with Crippen LogP contribution in [0, 0.1) is 0 Å². The van der Waals surface area contributed by atoms with Crippen molar-refractivity contribution in [2.75, 3.05) is 0 Å². The fourth-order valence-corrected chi connectivity index (χ4v) is 1.43. The average molecular weight is 223 g/mol. The van der Waals surface area contributed by atoms with E-state index in [0.29, 0.717) is 0 Å². The predicted molar refractivity (Wildman–Crippen MR) is 53.2 cm³/mol. The van der Waals surface area contributed by atoms with Gasteiger partial charge < -0.3 is 0 Å². The van der Waals surface area contributed by atoms with Crippen molar-refractivity contribution >= 4 is 26.1 Å². The van der Waals surface area contributed by atoms with Crippen LogP contribution in [-0.4, -0.2) is 9.38 Å². The lowest BCUT2D eigenvalue weighted by atomic mass is 10.4. The molecule has 2 aromatic rings. The van der Waals surface area contributed by atoms with Gasteiger partial charge in [0.15, 0.2) is 0 Å². The monoisotopic (exact) mass is 222 g/mol. The number of aromatic nitrogens is 2. The van der Waals surface area contributed by atoms with E-state index in [1.165, 1.54) is 0 Å². The van der Waals surface area contributed by atoms with Gasteiger partial charge in [-0.05, 0) is 28.1 Å². The number of halogens is 1. The van der Waals surface area contributed by atoms with Crippen molar-refractivity contribution in [3.8, 4) is 0 Å². The van der Waals surface area contributed by atoms with E-state index in [2.05, 4.69) is 27.5 Å². The molecule has 0 aliphatic rings. The Labute approximate surface area is 78.7 Å². The van der Waals surface area contributed by atoms with Crippen LogP contribution in [0.4, 0.5) is 0 Å². The van der Waals surface area contributed by atoms with Gasteiger partial charge in [-0.15, -0.1) is 0 Å². The second-order valence-corrected chi connectivity index (χ2v) is 3.43. The molecule has 2 heterocycles. The fraction of sp³-hybridized carbons (Fsp3) is 0. The molecule has 0 unspecified atom stereocenters. The van der Waals surface area contributed by atoms with Gasteiger partial charge in [-0.2, -0.15) is 0 Å². The summed E-state index contributed by atoms with van der Waals surface area (Å²) >= 11 is 3.33. The summed E-state index contributed by atoms with van der Waals surface area (Å²) in [4.78, 5) is 4.21. The molecule has 0 aromatic carbocycles. The minimum Gasteiger partial charge on any atom is -0.299 e. The highest BCUT2D eigenvalue weighted by Gasteiger charge is 2.01. The molecule has 2 rings (SSSR count). The van der Waals surface area contributed by atoms with Crippen molar-refractivity contribution in [1.82, 2.24) is 9.38 Å². The standard InChI is InChI=1S/C9H7BrN2/c1-7(10)8-6-11-9-4-2-3-5-12(8)9/h2-6H,1H2. The number of pyridine rings is 1. The second kappa shape index (κ2) is 2.75. The van der Waals surface area contributed by atoms with Crippen molar-refractivity contribution in [2.45, 2.75) is 0 Å². The van der Waals surface area contributed by atoms with E-state index in [9.17, 15) is 0 Å². The van der Waals surface area contributed by atoms with Crippen LogP contribution in [0.5, 0.6) is 0 Å². The van der Waals surface area contributed by atoms with Gasteiger partial charge in [-0.1, -0.05) is 12.6 Å². The van der Waals surface area contributed by atoms with Gasteiger partial charge in [-0.3, -0.25) is 4.40 Å². The topological polar surface area (TPSA) is 17.3 Å². The molecule has 0 N–H and O–H groups in total. The van der Waals surface area contributed by atoms with Crippen molar-refractivity contribution in [3.05, 3.63) is 42.9 Å². The SMILES string of the molecule is C=C(Br)c1cnc2ccccn12. The summed E-state index contributed by atoms with van der Waals surface area (Å²) in [6, 6.07) is 5.89. The third-order valence-electron chi connectivity index (χ3n) is 1.69. The van der Waals surface area contributed by atoms with Crippen LogP contribution in [0.25, 0.3) is 10.1 Å². The minimum atomic E-state index is 0.848. The van der Waals surface area contributed by atoms with E-state index in [1.807, 2.05) is 28.8 Å². The van der Waals surface area contributed by atoms with Crippen molar-refractivity contribution < 1.29 is 0 Å². The first kappa shape index (κ1) is 7.55. The molecule has 0 aliphatic heterocycles. The smallest absolute Gasteiger partial charge is 0.137 e. The Morgan fingerprint density at radius 1 is 1.50 bits per heavy atom. The zero-order chi connectivity index (χ0) is 8.55. The van der Waals surface area contributed by atoms with Crippen LogP contribution in [0.3, 0.4) is 0 Å². The van der Waals surface area contributed by atoms with Crippen molar-refractivity contribution in [3.63, 3.8) is 0 Å². The van der Waals surface area contributed by atoms with Crippen LogP contribution in [0.2, 0.25) is 0 Å². The summed E-state index contributed by atoms with van der Waals surface area (Å²) in [6.45, 7) is 3.80. The maximum Gasteiger partial charge on any atom is 0.137 e. The molecule has 0 bridgehead atoms. The lowest BCUT2D eigenvalue weighted by Crippen LogP contribution is -1.86. The molecule has 0 saturated heterocycles. The molecule has 0 atom stereocenters. The molecular formula is C9H7BrN2. The number of imidazole rings is 1. The molecule has 0 fully saturated rings. The zero-order valence-corrected chi connectivity index (χ0v) is 7.95. The summed E-state index contributed by atoms with van der Waals surface area (Å²) in [7, 11) is 0.